The lowest BCUT2D eigenvalue weighted by molar-refractivity contribution is 0.0695. The Morgan fingerprint density at radius 1 is 1.22 bits per heavy atom. The van der Waals surface area contributed by atoms with E-state index in [2.05, 4.69) is 22.2 Å². The van der Waals surface area contributed by atoms with E-state index in [-0.39, 0.29) is 5.91 Å². The quantitative estimate of drug-likeness (QED) is 0.927. The topological polar surface area (TPSA) is 58.1 Å². The van der Waals surface area contributed by atoms with E-state index in [9.17, 15) is 4.79 Å². The average Bonchev–Trinajstić information content (AvgIpc) is 2.62. The SMILES string of the molecule is C[C@@H]1CCCC[C@H]1CNC1CCN(C(=O)c2cnccn2)CC1. The van der Waals surface area contributed by atoms with Gasteiger partial charge in [-0.2, -0.15) is 0 Å². The van der Waals surface area contributed by atoms with Crippen LogP contribution in [0.2, 0.25) is 0 Å². The average molecular weight is 316 g/mol. The van der Waals surface area contributed by atoms with Crippen LogP contribution >= 0.6 is 0 Å². The second-order valence-corrected chi connectivity index (χ2v) is 7.09. The van der Waals surface area contributed by atoms with Gasteiger partial charge in [0.1, 0.15) is 5.69 Å². The van der Waals surface area contributed by atoms with Crippen LogP contribution in [0.3, 0.4) is 0 Å². The van der Waals surface area contributed by atoms with Gasteiger partial charge >= 0.3 is 0 Å². The van der Waals surface area contributed by atoms with Gasteiger partial charge in [0, 0.05) is 31.5 Å². The van der Waals surface area contributed by atoms with Crippen LogP contribution in [0.4, 0.5) is 0 Å². The molecule has 1 saturated heterocycles. The summed E-state index contributed by atoms with van der Waals surface area (Å²) in [4.78, 5) is 22.4. The van der Waals surface area contributed by atoms with E-state index >= 15 is 0 Å². The van der Waals surface area contributed by atoms with Gasteiger partial charge < -0.3 is 10.2 Å². The number of rotatable bonds is 4. The van der Waals surface area contributed by atoms with Gasteiger partial charge in [-0.05, 0) is 37.6 Å². The Morgan fingerprint density at radius 3 is 2.70 bits per heavy atom. The number of piperidine rings is 1. The van der Waals surface area contributed by atoms with Gasteiger partial charge in [0.05, 0.1) is 6.20 Å². The second-order valence-electron chi connectivity index (χ2n) is 7.09. The lowest BCUT2D eigenvalue weighted by Gasteiger charge is -2.35. The van der Waals surface area contributed by atoms with E-state index < -0.39 is 0 Å². The molecule has 1 aliphatic carbocycles. The highest BCUT2D eigenvalue weighted by atomic mass is 16.2. The zero-order valence-corrected chi connectivity index (χ0v) is 14.1. The minimum absolute atomic E-state index is 0.0115. The zero-order chi connectivity index (χ0) is 16.1. The molecule has 0 aromatic carbocycles. The molecule has 1 N–H and O–H groups in total. The van der Waals surface area contributed by atoms with Crippen molar-refractivity contribution in [1.82, 2.24) is 20.2 Å². The molecule has 2 fully saturated rings. The highest BCUT2D eigenvalue weighted by molar-refractivity contribution is 5.92. The Morgan fingerprint density at radius 2 is 2.00 bits per heavy atom. The third kappa shape index (κ3) is 4.28. The summed E-state index contributed by atoms with van der Waals surface area (Å²) < 4.78 is 0. The van der Waals surface area contributed by atoms with E-state index in [4.69, 9.17) is 0 Å². The second kappa shape index (κ2) is 7.86. The van der Waals surface area contributed by atoms with Crippen molar-refractivity contribution in [2.75, 3.05) is 19.6 Å². The molecule has 0 bridgehead atoms. The molecule has 5 heteroatoms. The molecule has 5 nitrogen and oxygen atoms in total. The van der Waals surface area contributed by atoms with Crippen LogP contribution in [0.5, 0.6) is 0 Å². The molecular weight excluding hydrogens is 288 g/mol. The van der Waals surface area contributed by atoms with Crippen LogP contribution in [0.1, 0.15) is 55.9 Å². The number of likely N-dealkylation sites (tertiary alicyclic amines) is 1. The molecule has 1 aromatic rings. The summed E-state index contributed by atoms with van der Waals surface area (Å²) in [5, 5.41) is 3.76. The Balaban J connectivity index is 1.42. The number of nitrogens with zero attached hydrogens (tertiary/aromatic N) is 3. The smallest absolute Gasteiger partial charge is 0.274 e. The number of hydrogen-bond acceptors (Lipinski definition) is 4. The standard InChI is InChI=1S/C18H28N4O/c1-14-4-2-3-5-15(14)12-21-16-6-10-22(11-7-16)18(23)17-13-19-8-9-20-17/h8-9,13-16,21H,2-7,10-12H2,1H3/t14-,15+/m1/s1. The van der Waals surface area contributed by atoms with Crippen LogP contribution in [0, 0.1) is 11.8 Å². The Kier molecular flexibility index (Phi) is 5.60. The molecule has 126 valence electrons. The van der Waals surface area contributed by atoms with Gasteiger partial charge in [0.15, 0.2) is 0 Å². The normalized spacial score (nSPS) is 26.2. The maximum atomic E-state index is 12.4. The van der Waals surface area contributed by atoms with Crippen LogP contribution in [0.15, 0.2) is 18.6 Å². The highest BCUT2D eigenvalue weighted by Crippen LogP contribution is 2.29. The largest absolute Gasteiger partial charge is 0.337 e. The van der Waals surface area contributed by atoms with Crippen molar-refractivity contribution in [2.24, 2.45) is 11.8 Å². The molecule has 0 unspecified atom stereocenters. The molecule has 0 spiro atoms. The van der Waals surface area contributed by atoms with Crippen molar-refractivity contribution < 1.29 is 4.79 Å². The summed E-state index contributed by atoms with van der Waals surface area (Å²) in [6.45, 7) is 5.16. The molecule has 23 heavy (non-hydrogen) atoms. The summed E-state index contributed by atoms with van der Waals surface area (Å²) >= 11 is 0. The predicted octanol–water partition coefficient (Wildman–Crippen LogP) is 2.50. The first-order valence-electron chi connectivity index (χ1n) is 9.02. The molecule has 1 saturated carbocycles. The zero-order valence-electron chi connectivity index (χ0n) is 14.1. The van der Waals surface area contributed by atoms with Crippen LogP contribution in [0.25, 0.3) is 0 Å². The van der Waals surface area contributed by atoms with Gasteiger partial charge in [-0.15, -0.1) is 0 Å². The van der Waals surface area contributed by atoms with Crippen LogP contribution < -0.4 is 5.32 Å². The number of aromatic nitrogens is 2. The number of carbonyl (C=O) groups excluding carboxylic acids is 1. The maximum absolute atomic E-state index is 12.4. The number of hydrogen-bond donors (Lipinski definition) is 1. The molecule has 3 rings (SSSR count). The number of amides is 1. The molecule has 1 aromatic heterocycles. The Labute approximate surface area is 138 Å². The first-order valence-corrected chi connectivity index (χ1v) is 9.02. The maximum Gasteiger partial charge on any atom is 0.274 e. The molecule has 1 aliphatic heterocycles. The van der Waals surface area contributed by atoms with E-state index in [0.717, 1.165) is 44.3 Å². The first-order chi connectivity index (χ1) is 11.2. The minimum Gasteiger partial charge on any atom is -0.337 e. The number of nitrogens with one attached hydrogen (secondary N) is 1. The molecule has 1 amide bonds. The fourth-order valence-corrected chi connectivity index (χ4v) is 3.87. The fraction of sp³-hybridized carbons (Fsp3) is 0.722. The summed E-state index contributed by atoms with van der Waals surface area (Å²) in [5.74, 6) is 1.70. The third-order valence-electron chi connectivity index (χ3n) is 5.52. The molecular formula is C18H28N4O. The summed E-state index contributed by atoms with van der Waals surface area (Å²) in [7, 11) is 0. The van der Waals surface area contributed by atoms with Gasteiger partial charge in [-0.3, -0.25) is 9.78 Å². The van der Waals surface area contributed by atoms with Gasteiger partial charge in [0.25, 0.3) is 5.91 Å². The van der Waals surface area contributed by atoms with Crippen molar-refractivity contribution in [3.63, 3.8) is 0 Å². The van der Waals surface area contributed by atoms with E-state index in [1.54, 1.807) is 18.6 Å². The summed E-state index contributed by atoms with van der Waals surface area (Å²) in [6.07, 6.45) is 12.3. The Hall–Kier alpha value is -1.49. The van der Waals surface area contributed by atoms with Crippen molar-refractivity contribution in [3.05, 3.63) is 24.3 Å². The summed E-state index contributed by atoms with van der Waals surface area (Å²) in [5.41, 5.74) is 0.454. The summed E-state index contributed by atoms with van der Waals surface area (Å²) in [6, 6.07) is 0.551. The molecule has 0 radical (unpaired) electrons. The first kappa shape index (κ1) is 16.4. The van der Waals surface area contributed by atoms with Crippen LogP contribution in [-0.4, -0.2) is 46.5 Å². The third-order valence-corrected chi connectivity index (χ3v) is 5.52. The van der Waals surface area contributed by atoms with Crippen LogP contribution in [-0.2, 0) is 0 Å². The minimum atomic E-state index is 0.0115. The van der Waals surface area contributed by atoms with Crippen molar-refractivity contribution in [3.8, 4) is 0 Å². The van der Waals surface area contributed by atoms with Gasteiger partial charge in [0.2, 0.25) is 0 Å². The van der Waals surface area contributed by atoms with Gasteiger partial charge in [-0.1, -0.05) is 26.2 Å². The van der Waals surface area contributed by atoms with Gasteiger partial charge in [-0.25, -0.2) is 4.98 Å². The fourth-order valence-electron chi connectivity index (χ4n) is 3.87. The molecule has 2 heterocycles. The van der Waals surface area contributed by atoms with Crippen molar-refractivity contribution >= 4 is 5.91 Å². The lowest BCUT2D eigenvalue weighted by Crippen LogP contribution is -2.46. The van der Waals surface area contributed by atoms with E-state index in [1.807, 2.05) is 4.90 Å². The lowest BCUT2D eigenvalue weighted by atomic mass is 9.80. The highest BCUT2D eigenvalue weighted by Gasteiger charge is 2.26. The Bertz CT molecular complexity index is 499. The predicted molar refractivity (Wildman–Crippen MR) is 90.1 cm³/mol. The van der Waals surface area contributed by atoms with E-state index in [1.165, 1.54) is 25.7 Å². The number of carbonyl (C=O) groups is 1. The molecule has 2 aliphatic rings. The monoisotopic (exact) mass is 316 g/mol. The van der Waals surface area contributed by atoms with E-state index in [0.29, 0.717) is 11.7 Å². The van der Waals surface area contributed by atoms with Crippen molar-refractivity contribution in [1.29, 1.82) is 0 Å². The molecule has 2 atom stereocenters. The van der Waals surface area contributed by atoms with Crippen molar-refractivity contribution in [2.45, 2.75) is 51.5 Å².